The molecule has 0 unspecified atom stereocenters. The molecule has 0 saturated carbocycles. The zero-order valence-electron chi connectivity index (χ0n) is 7.32. The van der Waals surface area contributed by atoms with E-state index in [0.29, 0.717) is 0 Å². The summed E-state index contributed by atoms with van der Waals surface area (Å²) in [7, 11) is 0. The van der Waals surface area contributed by atoms with Crippen LogP contribution in [-0.4, -0.2) is 9.78 Å². The normalized spacial score (nSPS) is 10.4. The van der Waals surface area contributed by atoms with E-state index in [4.69, 9.17) is 0 Å². The van der Waals surface area contributed by atoms with Gasteiger partial charge in [-0.3, -0.25) is 0 Å². The van der Waals surface area contributed by atoms with Gasteiger partial charge in [0, 0.05) is 22.2 Å². The second-order valence-corrected chi connectivity index (χ2v) is 4.33. The van der Waals surface area contributed by atoms with E-state index < -0.39 is 0 Å². The van der Waals surface area contributed by atoms with Crippen molar-refractivity contribution in [2.75, 3.05) is 0 Å². The average molecular weight is 316 g/mol. The van der Waals surface area contributed by atoms with Gasteiger partial charge < -0.3 is 0 Å². The third kappa shape index (κ3) is 1.91. The largest absolute Gasteiger partial charge is 0.241 e. The Hall–Kier alpha value is -0.610. The molecule has 0 amide bonds. The number of hydrogen-bond acceptors (Lipinski definition) is 1. The molecule has 14 heavy (non-hydrogen) atoms. The Labute approximate surface area is 99.2 Å². The fourth-order valence-corrected chi connectivity index (χ4v) is 2.15. The molecule has 2 aromatic rings. The molecule has 0 aliphatic heterocycles. The molecule has 0 atom stereocenters. The Morgan fingerprint density at radius 2 is 2.21 bits per heavy atom. The molecule has 1 aromatic heterocycles. The van der Waals surface area contributed by atoms with Crippen molar-refractivity contribution in [2.24, 2.45) is 0 Å². The molecule has 0 radical (unpaired) electrons. The maximum atomic E-state index is 4.21. The lowest BCUT2D eigenvalue weighted by molar-refractivity contribution is 0.871. The van der Waals surface area contributed by atoms with Crippen LogP contribution in [0, 0.1) is 0 Å². The van der Waals surface area contributed by atoms with Gasteiger partial charge in [0.1, 0.15) is 0 Å². The molecule has 0 aliphatic rings. The van der Waals surface area contributed by atoms with Gasteiger partial charge in [0.15, 0.2) is 0 Å². The summed E-state index contributed by atoms with van der Waals surface area (Å²) in [5.74, 6) is 0. The number of aromatic nitrogens is 2. The van der Waals surface area contributed by atoms with Gasteiger partial charge in [0.25, 0.3) is 0 Å². The Balaban J connectivity index is 2.53. The first kappa shape index (κ1) is 9.93. The first-order valence-electron chi connectivity index (χ1n) is 4.15. The number of nitrogens with zero attached hydrogens (tertiary/aromatic N) is 2. The van der Waals surface area contributed by atoms with E-state index in [1.54, 1.807) is 6.20 Å². The molecule has 0 N–H and O–H groups in total. The minimum absolute atomic E-state index is 0.821. The van der Waals surface area contributed by atoms with Crippen LogP contribution in [0.25, 0.3) is 5.69 Å². The van der Waals surface area contributed by atoms with E-state index >= 15 is 0 Å². The second-order valence-electron chi connectivity index (χ2n) is 2.86. The van der Waals surface area contributed by atoms with Crippen LogP contribution in [0.4, 0.5) is 0 Å². The monoisotopic (exact) mass is 314 g/mol. The van der Waals surface area contributed by atoms with Crippen molar-refractivity contribution in [3.63, 3.8) is 0 Å². The summed E-state index contributed by atoms with van der Waals surface area (Å²) in [4.78, 5) is 0. The van der Waals surface area contributed by atoms with E-state index in [1.165, 1.54) is 5.56 Å². The van der Waals surface area contributed by atoms with Crippen LogP contribution in [0.3, 0.4) is 0 Å². The molecule has 2 nitrogen and oxygen atoms in total. The van der Waals surface area contributed by atoms with Gasteiger partial charge in [0.2, 0.25) is 0 Å². The summed E-state index contributed by atoms with van der Waals surface area (Å²) in [6, 6.07) is 8.07. The summed E-state index contributed by atoms with van der Waals surface area (Å²) in [6.07, 6.45) is 3.72. The van der Waals surface area contributed by atoms with Crippen LogP contribution in [0.5, 0.6) is 0 Å². The van der Waals surface area contributed by atoms with E-state index in [0.717, 1.165) is 15.5 Å². The Morgan fingerprint density at radius 3 is 2.86 bits per heavy atom. The van der Waals surface area contributed by atoms with Gasteiger partial charge in [-0.1, -0.05) is 31.9 Å². The molecular weight excluding hydrogens is 308 g/mol. The number of rotatable bonds is 2. The van der Waals surface area contributed by atoms with Crippen molar-refractivity contribution in [3.05, 3.63) is 46.7 Å². The Morgan fingerprint density at radius 1 is 1.36 bits per heavy atom. The summed E-state index contributed by atoms with van der Waals surface area (Å²) >= 11 is 6.92. The van der Waals surface area contributed by atoms with Gasteiger partial charge in [-0.05, 0) is 29.8 Å². The zero-order valence-corrected chi connectivity index (χ0v) is 10.5. The predicted octanol–water partition coefficient (Wildman–Crippen LogP) is 3.53. The van der Waals surface area contributed by atoms with E-state index in [1.807, 2.05) is 29.1 Å². The minimum Gasteiger partial charge on any atom is -0.241 e. The fraction of sp³-hybridized carbons (Fsp3) is 0.100. The highest BCUT2D eigenvalue weighted by molar-refractivity contribution is 9.10. The number of benzene rings is 1. The first-order chi connectivity index (χ1) is 6.81. The van der Waals surface area contributed by atoms with Gasteiger partial charge in [-0.2, -0.15) is 5.10 Å². The summed E-state index contributed by atoms with van der Waals surface area (Å²) in [6.45, 7) is 0. The SMILES string of the molecule is BrCc1cc(Br)ccc1-n1cccn1. The molecule has 4 heteroatoms. The van der Waals surface area contributed by atoms with Crippen LogP contribution < -0.4 is 0 Å². The lowest BCUT2D eigenvalue weighted by atomic mass is 10.2. The van der Waals surface area contributed by atoms with Gasteiger partial charge in [-0.15, -0.1) is 0 Å². The van der Waals surface area contributed by atoms with Gasteiger partial charge in [0.05, 0.1) is 5.69 Å². The van der Waals surface area contributed by atoms with E-state index in [9.17, 15) is 0 Å². The van der Waals surface area contributed by atoms with E-state index in [-0.39, 0.29) is 0 Å². The molecule has 0 aliphatic carbocycles. The molecule has 0 spiro atoms. The maximum absolute atomic E-state index is 4.21. The van der Waals surface area contributed by atoms with E-state index in [2.05, 4.69) is 43.0 Å². The predicted molar refractivity (Wildman–Crippen MR) is 63.9 cm³/mol. The highest BCUT2D eigenvalue weighted by Crippen LogP contribution is 2.21. The maximum Gasteiger partial charge on any atom is 0.0686 e. The van der Waals surface area contributed by atoms with Crippen LogP contribution >= 0.6 is 31.9 Å². The Bertz CT molecular complexity index is 424. The highest BCUT2D eigenvalue weighted by atomic mass is 79.9. The van der Waals surface area contributed by atoms with Crippen molar-refractivity contribution in [2.45, 2.75) is 5.33 Å². The first-order valence-corrected chi connectivity index (χ1v) is 6.07. The van der Waals surface area contributed by atoms with Crippen LogP contribution in [0.2, 0.25) is 0 Å². The molecule has 1 heterocycles. The van der Waals surface area contributed by atoms with Crippen LogP contribution in [-0.2, 0) is 5.33 Å². The third-order valence-electron chi connectivity index (χ3n) is 1.94. The standard InChI is InChI=1S/C10H8Br2N2/c11-7-8-6-9(12)2-3-10(8)14-5-1-4-13-14/h1-6H,7H2. The second kappa shape index (κ2) is 4.28. The average Bonchev–Trinajstić information content (AvgIpc) is 2.70. The van der Waals surface area contributed by atoms with Crippen molar-refractivity contribution in [1.29, 1.82) is 0 Å². The quantitative estimate of drug-likeness (QED) is 0.775. The van der Waals surface area contributed by atoms with Crippen molar-refractivity contribution in [3.8, 4) is 5.69 Å². The van der Waals surface area contributed by atoms with Gasteiger partial charge in [-0.25, -0.2) is 4.68 Å². The zero-order chi connectivity index (χ0) is 9.97. The summed E-state index contributed by atoms with van der Waals surface area (Å²) in [5.41, 5.74) is 2.32. The fourth-order valence-electron chi connectivity index (χ4n) is 1.30. The Kier molecular flexibility index (Phi) is 3.03. The van der Waals surface area contributed by atoms with Crippen molar-refractivity contribution >= 4 is 31.9 Å². The molecule has 0 bridgehead atoms. The molecular formula is C10H8Br2N2. The van der Waals surface area contributed by atoms with Crippen LogP contribution in [0.15, 0.2) is 41.1 Å². The van der Waals surface area contributed by atoms with Crippen molar-refractivity contribution in [1.82, 2.24) is 9.78 Å². The van der Waals surface area contributed by atoms with Crippen molar-refractivity contribution < 1.29 is 0 Å². The topological polar surface area (TPSA) is 17.8 Å². The summed E-state index contributed by atoms with van der Waals surface area (Å²) in [5, 5.41) is 5.03. The smallest absolute Gasteiger partial charge is 0.0686 e. The number of halogens is 2. The lowest BCUT2D eigenvalue weighted by Gasteiger charge is -2.07. The highest BCUT2D eigenvalue weighted by Gasteiger charge is 2.03. The molecule has 0 saturated heterocycles. The summed E-state index contributed by atoms with van der Waals surface area (Å²) < 4.78 is 2.95. The van der Waals surface area contributed by atoms with Crippen LogP contribution in [0.1, 0.15) is 5.56 Å². The minimum atomic E-state index is 0.821. The molecule has 2 rings (SSSR count). The number of alkyl halides is 1. The lowest BCUT2D eigenvalue weighted by Crippen LogP contribution is -1.98. The molecule has 1 aromatic carbocycles. The van der Waals surface area contributed by atoms with Gasteiger partial charge >= 0.3 is 0 Å². The third-order valence-corrected chi connectivity index (χ3v) is 3.03. The number of hydrogen-bond donors (Lipinski definition) is 0. The molecule has 72 valence electrons. The molecule has 0 fully saturated rings.